The largest absolute Gasteiger partial charge is 0.598 e. The first kappa shape index (κ1) is 23.3. The highest BCUT2D eigenvalue weighted by Crippen LogP contribution is 2.38. The quantitative estimate of drug-likeness (QED) is 0.710. The monoisotopic (exact) mass is 434 g/mol. The van der Waals surface area contributed by atoms with Crippen molar-refractivity contribution in [3.05, 3.63) is 23.8 Å². The van der Waals surface area contributed by atoms with Crippen LogP contribution in [-0.4, -0.2) is 31.3 Å². The molecular formula is C18H25F3N4O3S. The van der Waals surface area contributed by atoms with Gasteiger partial charge in [-0.25, -0.2) is 9.48 Å². The first-order valence-corrected chi connectivity index (χ1v) is 9.92. The summed E-state index contributed by atoms with van der Waals surface area (Å²) < 4.78 is 61.1. The molecule has 1 heterocycles. The molecule has 2 aromatic rings. The smallest absolute Gasteiger partial charge is 0.412 e. The minimum Gasteiger partial charge on any atom is -0.598 e. The van der Waals surface area contributed by atoms with Gasteiger partial charge in [-0.2, -0.15) is 18.3 Å². The number of benzene rings is 1. The van der Waals surface area contributed by atoms with Crippen molar-refractivity contribution in [3.63, 3.8) is 0 Å². The molecule has 1 aromatic heterocycles. The van der Waals surface area contributed by atoms with Gasteiger partial charge in [0.1, 0.15) is 4.75 Å². The van der Waals surface area contributed by atoms with Crippen LogP contribution in [0.1, 0.15) is 53.1 Å². The number of amides is 1. The molecule has 162 valence electrons. The van der Waals surface area contributed by atoms with Gasteiger partial charge < -0.3 is 15.0 Å². The van der Waals surface area contributed by atoms with Crippen LogP contribution in [0.25, 0.3) is 10.9 Å². The van der Waals surface area contributed by atoms with Gasteiger partial charge >= 0.3 is 12.3 Å². The third-order valence-electron chi connectivity index (χ3n) is 3.93. The van der Waals surface area contributed by atoms with E-state index in [1.807, 2.05) is 0 Å². The maximum Gasteiger partial charge on any atom is 0.412 e. The number of halogens is 3. The fourth-order valence-electron chi connectivity index (χ4n) is 2.51. The van der Waals surface area contributed by atoms with Crippen molar-refractivity contribution in [1.82, 2.24) is 14.5 Å². The molecule has 2 rings (SSSR count). The second kappa shape index (κ2) is 7.69. The molecule has 0 aliphatic heterocycles. The molecule has 0 fully saturated rings. The van der Waals surface area contributed by atoms with Crippen molar-refractivity contribution >= 4 is 28.4 Å². The van der Waals surface area contributed by atoms with Gasteiger partial charge in [-0.3, -0.25) is 0 Å². The normalized spacial score (nSPS) is 15.4. The van der Waals surface area contributed by atoms with Crippen LogP contribution in [-0.2, 0) is 16.9 Å². The second-order valence-electron chi connectivity index (χ2n) is 8.56. The number of nitrogens with one attached hydrogen (secondary N) is 1. The zero-order valence-corrected chi connectivity index (χ0v) is 17.9. The van der Waals surface area contributed by atoms with Crippen molar-refractivity contribution < 1.29 is 27.3 Å². The molecule has 1 unspecified atom stereocenters. The fraction of sp³-hybridized carbons (Fsp3) is 0.556. The molecule has 1 aromatic carbocycles. The molecule has 0 saturated carbocycles. The lowest BCUT2D eigenvalue weighted by molar-refractivity contribution is -0.153. The summed E-state index contributed by atoms with van der Waals surface area (Å²) >= 11 is -1.95. The number of rotatable bonds is 4. The third kappa shape index (κ3) is 5.34. The minimum absolute atomic E-state index is 0.0429. The molecule has 0 spiro atoms. The summed E-state index contributed by atoms with van der Waals surface area (Å²) in [5.41, 5.74) is 4.52. The zero-order valence-electron chi connectivity index (χ0n) is 17.0. The third-order valence-corrected chi connectivity index (χ3v) is 5.49. The highest BCUT2D eigenvalue weighted by atomic mass is 32.2. The molecule has 11 heteroatoms. The number of alkyl halides is 3. The van der Waals surface area contributed by atoms with Crippen LogP contribution >= 0.6 is 0 Å². The Labute approximate surface area is 170 Å². The van der Waals surface area contributed by atoms with Crippen LogP contribution in [0.4, 0.5) is 18.0 Å². The van der Waals surface area contributed by atoms with E-state index in [0.717, 1.165) is 0 Å². The Bertz CT molecular complexity index is 901. The molecular weight excluding hydrogens is 409 g/mol. The van der Waals surface area contributed by atoms with Gasteiger partial charge in [0.05, 0.1) is 16.4 Å². The Morgan fingerprint density at radius 3 is 2.28 bits per heavy atom. The maximum absolute atomic E-state index is 13.7. The minimum atomic E-state index is -4.69. The number of nitrogens with two attached hydrogens (primary N) is 1. The molecule has 29 heavy (non-hydrogen) atoms. The average Bonchev–Trinajstić information content (AvgIpc) is 2.87. The van der Waals surface area contributed by atoms with Crippen molar-refractivity contribution in [2.45, 2.75) is 64.0 Å². The van der Waals surface area contributed by atoms with Crippen LogP contribution in [0.3, 0.4) is 0 Å². The van der Waals surface area contributed by atoms with Gasteiger partial charge in [-0.15, -0.1) is 4.72 Å². The first-order chi connectivity index (χ1) is 13.0. The summed E-state index contributed by atoms with van der Waals surface area (Å²) in [6.45, 7) is 10.1. The summed E-state index contributed by atoms with van der Waals surface area (Å²) in [5, 5.41) is 4.64. The van der Waals surface area contributed by atoms with Gasteiger partial charge in [-0.1, -0.05) is 6.07 Å². The van der Waals surface area contributed by atoms with Crippen LogP contribution < -0.4 is 15.2 Å². The van der Waals surface area contributed by atoms with E-state index in [1.165, 1.54) is 22.9 Å². The standard InChI is InChI=1S/C18H25F3N4O3S/c1-16(2,3)25-14(28-15(22)26)11-8-7-10(9-12(11)23-25)13(18(19,20)21)24-29(27)17(4,5)6/h7-9,13,24H,1-6H3,(H2,22,26)/t13?,29-/m1/s1. The summed E-state index contributed by atoms with van der Waals surface area (Å²) in [7, 11) is 0. The van der Waals surface area contributed by atoms with Gasteiger partial charge in [-0.05, 0) is 59.2 Å². The predicted octanol–water partition coefficient (Wildman–Crippen LogP) is 3.90. The summed E-state index contributed by atoms with van der Waals surface area (Å²) in [6, 6.07) is 1.68. The predicted molar refractivity (Wildman–Crippen MR) is 105 cm³/mol. The number of fused-ring (bicyclic) bond motifs is 1. The highest BCUT2D eigenvalue weighted by molar-refractivity contribution is 7.90. The topological polar surface area (TPSA) is 105 Å². The molecule has 0 saturated heterocycles. The average molecular weight is 434 g/mol. The highest BCUT2D eigenvalue weighted by Gasteiger charge is 2.46. The molecule has 1 amide bonds. The zero-order chi connectivity index (χ0) is 22.4. The van der Waals surface area contributed by atoms with Gasteiger partial charge in [0.2, 0.25) is 5.88 Å². The second-order valence-corrected chi connectivity index (χ2v) is 10.6. The Morgan fingerprint density at radius 2 is 1.83 bits per heavy atom. The number of hydrogen-bond acceptors (Lipinski definition) is 5. The number of primary amides is 1. The number of aromatic nitrogens is 2. The van der Waals surface area contributed by atoms with Crippen LogP contribution in [0.5, 0.6) is 5.88 Å². The Morgan fingerprint density at radius 1 is 1.24 bits per heavy atom. The van der Waals surface area contributed by atoms with Crippen LogP contribution in [0.15, 0.2) is 18.2 Å². The molecule has 2 atom stereocenters. The van der Waals surface area contributed by atoms with E-state index in [-0.39, 0.29) is 17.0 Å². The van der Waals surface area contributed by atoms with Crippen molar-refractivity contribution in [2.75, 3.05) is 0 Å². The first-order valence-electron chi connectivity index (χ1n) is 8.77. The number of nitrogens with zero attached hydrogens (tertiary/aromatic N) is 2. The van der Waals surface area contributed by atoms with E-state index in [1.54, 1.807) is 41.5 Å². The number of hydrogen-bond donors (Lipinski definition) is 2. The van der Waals surface area contributed by atoms with E-state index in [0.29, 0.717) is 5.39 Å². The van der Waals surface area contributed by atoms with Gasteiger partial charge in [0.25, 0.3) is 0 Å². The Hall–Kier alpha value is -1.98. The van der Waals surface area contributed by atoms with E-state index < -0.39 is 40.0 Å². The molecule has 0 radical (unpaired) electrons. The Kier molecular flexibility index (Phi) is 6.18. The van der Waals surface area contributed by atoms with Crippen molar-refractivity contribution in [1.29, 1.82) is 0 Å². The van der Waals surface area contributed by atoms with E-state index in [4.69, 9.17) is 10.5 Å². The maximum atomic E-state index is 13.7. The summed E-state index contributed by atoms with van der Waals surface area (Å²) in [5.74, 6) is 0.0429. The van der Waals surface area contributed by atoms with Gasteiger partial charge in [0.15, 0.2) is 6.04 Å². The lowest BCUT2D eigenvalue weighted by Gasteiger charge is -2.29. The molecule has 3 N–H and O–H groups in total. The van der Waals surface area contributed by atoms with Crippen molar-refractivity contribution in [3.8, 4) is 5.88 Å². The van der Waals surface area contributed by atoms with Crippen LogP contribution in [0, 0.1) is 0 Å². The molecule has 0 bridgehead atoms. The van der Waals surface area contributed by atoms with E-state index >= 15 is 0 Å². The van der Waals surface area contributed by atoms with Gasteiger partial charge in [0, 0.05) is 11.4 Å². The number of ether oxygens (including phenoxy) is 1. The lowest BCUT2D eigenvalue weighted by Crippen LogP contribution is -2.45. The van der Waals surface area contributed by atoms with E-state index in [2.05, 4.69) is 9.82 Å². The fourth-order valence-corrected chi connectivity index (χ4v) is 3.35. The van der Waals surface area contributed by atoms with Crippen molar-refractivity contribution in [2.24, 2.45) is 5.73 Å². The summed E-state index contributed by atoms with van der Waals surface area (Å²) in [6.07, 6.45) is -5.75. The molecule has 7 nitrogen and oxygen atoms in total. The molecule has 0 aliphatic carbocycles. The lowest BCUT2D eigenvalue weighted by atomic mass is 10.1. The SMILES string of the molecule is CC(C)(C)n1nc2cc(C(N[S@+]([O-])C(C)(C)C)C(F)(F)F)ccc2c1OC(N)=O. The molecule has 0 aliphatic rings. The number of carbonyl (C=O) groups excluding carboxylic acids is 1. The summed E-state index contributed by atoms with van der Waals surface area (Å²) in [4.78, 5) is 11.3. The van der Waals surface area contributed by atoms with Crippen LogP contribution in [0.2, 0.25) is 0 Å². The number of carbonyl (C=O) groups is 1. The Balaban J connectivity index is 2.59. The van der Waals surface area contributed by atoms with E-state index in [9.17, 15) is 22.5 Å².